The Kier molecular flexibility index (Phi) is 40.2. The molecule has 0 aromatic heterocycles. The molecule has 0 saturated heterocycles. The third-order valence-electron chi connectivity index (χ3n) is 8.86. The Labute approximate surface area is 341 Å². The average molecular weight is 806 g/mol. The molecule has 2 atom stereocenters. The van der Waals surface area contributed by atoms with Gasteiger partial charge in [-0.25, -0.2) is 4.57 Å². The second-order valence-corrected chi connectivity index (χ2v) is 15.6. The van der Waals surface area contributed by atoms with Crippen LogP contribution in [0.3, 0.4) is 0 Å². The van der Waals surface area contributed by atoms with Crippen LogP contribution in [0.1, 0.15) is 174 Å². The van der Waals surface area contributed by atoms with Crippen LogP contribution in [-0.2, 0) is 32.7 Å². The van der Waals surface area contributed by atoms with Gasteiger partial charge < -0.3 is 20.1 Å². The molecule has 0 aliphatic heterocycles. The van der Waals surface area contributed by atoms with E-state index >= 15 is 0 Å². The zero-order chi connectivity index (χ0) is 41.1. The van der Waals surface area contributed by atoms with E-state index in [0.29, 0.717) is 6.42 Å². The highest BCUT2D eigenvalue weighted by molar-refractivity contribution is 7.47. The van der Waals surface area contributed by atoms with Gasteiger partial charge in [0.05, 0.1) is 13.2 Å². The van der Waals surface area contributed by atoms with Gasteiger partial charge in [-0.15, -0.1) is 0 Å². The summed E-state index contributed by atoms with van der Waals surface area (Å²) >= 11 is 0. The lowest BCUT2D eigenvalue weighted by Gasteiger charge is -2.19. The van der Waals surface area contributed by atoms with Crippen molar-refractivity contribution in [2.45, 2.75) is 180 Å². The molecule has 0 aromatic carbocycles. The van der Waals surface area contributed by atoms with E-state index in [1.54, 1.807) is 0 Å². The fraction of sp³-hybridized carbons (Fsp3) is 0.696. The number of allylic oxidation sites excluding steroid dienone is 12. The molecule has 0 aromatic rings. The van der Waals surface area contributed by atoms with Crippen LogP contribution in [0, 0.1) is 0 Å². The second-order valence-electron chi connectivity index (χ2n) is 14.2. The minimum atomic E-state index is -4.39. The summed E-state index contributed by atoms with van der Waals surface area (Å²) in [6.07, 6.45) is 50.8. The molecule has 0 heterocycles. The predicted octanol–water partition coefficient (Wildman–Crippen LogP) is 12.7. The highest BCUT2D eigenvalue weighted by atomic mass is 31.2. The zero-order valence-electron chi connectivity index (χ0n) is 35.3. The summed E-state index contributed by atoms with van der Waals surface area (Å²) in [5.74, 6) is -0.882. The third kappa shape index (κ3) is 41.1. The SMILES string of the molecule is CC/C=C\C/C=C\C/C=C\C/C=C\C/C=C\C/C=C\CCCCC(=O)OC(COC(=O)CCCCCCCCCCCCCCCC)COP(=O)(O)OCCN. The lowest BCUT2D eigenvalue weighted by molar-refractivity contribution is -0.161. The first kappa shape index (κ1) is 53.5. The molecule has 0 radical (unpaired) electrons. The maximum atomic E-state index is 12.6. The normalized spacial score (nSPS) is 14.0. The molecule has 0 bridgehead atoms. The molecule has 0 fully saturated rings. The van der Waals surface area contributed by atoms with E-state index in [0.717, 1.165) is 70.6 Å². The number of hydrogen-bond acceptors (Lipinski definition) is 8. The highest BCUT2D eigenvalue weighted by Gasteiger charge is 2.25. The van der Waals surface area contributed by atoms with Crippen molar-refractivity contribution in [1.29, 1.82) is 0 Å². The first-order valence-electron chi connectivity index (χ1n) is 21.9. The first-order valence-corrected chi connectivity index (χ1v) is 23.4. The number of hydrogen-bond donors (Lipinski definition) is 2. The Balaban J connectivity index is 4.25. The summed E-state index contributed by atoms with van der Waals surface area (Å²) in [4.78, 5) is 34.9. The van der Waals surface area contributed by atoms with Crippen molar-refractivity contribution in [3.63, 3.8) is 0 Å². The monoisotopic (exact) mass is 806 g/mol. The number of nitrogens with two attached hydrogens (primary N) is 1. The van der Waals surface area contributed by atoms with E-state index in [-0.39, 0.29) is 32.6 Å². The van der Waals surface area contributed by atoms with Crippen molar-refractivity contribution < 1.29 is 37.6 Å². The van der Waals surface area contributed by atoms with Crippen LogP contribution in [-0.4, -0.2) is 49.3 Å². The largest absolute Gasteiger partial charge is 0.472 e. The number of carbonyl (C=O) groups excluding carboxylic acids is 2. The van der Waals surface area contributed by atoms with Crippen molar-refractivity contribution in [3.05, 3.63) is 72.9 Å². The minimum absolute atomic E-state index is 0.0434. The number of rotatable bonds is 40. The fourth-order valence-electron chi connectivity index (χ4n) is 5.64. The molecule has 0 spiro atoms. The summed E-state index contributed by atoms with van der Waals surface area (Å²) in [5, 5.41) is 0. The Hall–Kier alpha value is -2.55. The summed E-state index contributed by atoms with van der Waals surface area (Å²) in [7, 11) is -4.39. The van der Waals surface area contributed by atoms with Gasteiger partial charge in [0.2, 0.25) is 0 Å². The van der Waals surface area contributed by atoms with Crippen molar-refractivity contribution in [2.24, 2.45) is 5.73 Å². The molecule has 9 nitrogen and oxygen atoms in total. The Morgan fingerprint density at radius 1 is 0.554 bits per heavy atom. The van der Waals surface area contributed by atoms with Crippen LogP contribution >= 0.6 is 7.82 Å². The topological polar surface area (TPSA) is 134 Å². The number of carbonyl (C=O) groups is 2. The fourth-order valence-corrected chi connectivity index (χ4v) is 6.40. The van der Waals surface area contributed by atoms with Crippen molar-refractivity contribution in [3.8, 4) is 0 Å². The van der Waals surface area contributed by atoms with Gasteiger partial charge in [-0.3, -0.25) is 18.6 Å². The van der Waals surface area contributed by atoms with Crippen LogP contribution < -0.4 is 5.73 Å². The number of unbranched alkanes of at least 4 members (excludes halogenated alkanes) is 15. The van der Waals surface area contributed by atoms with Crippen LogP contribution in [0.25, 0.3) is 0 Å². The second kappa shape index (κ2) is 42.1. The molecule has 0 aliphatic carbocycles. The van der Waals surface area contributed by atoms with E-state index in [2.05, 4.69) is 86.8 Å². The molecule has 0 amide bonds. The summed E-state index contributed by atoms with van der Waals surface area (Å²) < 4.78 is 32.7. The molecule has 2 unspecified atom stereocenters. The van der Waals surface area contributed by atoms with Crippen LogP contribution in [0.5, 0.6) is 0 Å². The van der Waals surface area contributed by atoms with Crippen LogP contribution in [0.2, 0.25) is 0 Å². The highest BCUT2D eigenvalue weighted by Crippen LogP contribution is 2.43. The van der Waals surface area contributed by atoms with E-state index in [1.165, 1.54) is 70.6 Å². The van der Waals surface area contributed by atoms with Crippen LogP contribution in [0.4, 0.5) is 0 Å². The van der Waals surface area contributed by atoms with Crippen molar-refractivity contribution in [2.75, 3.05) is 26.4 Å². The predicted molar refractivity (Wildman–Crippen MR) is 233 cm³/mol. The van der Waals surface area contributed by atoms with E-state index < -0.39 is 32.5 Å². The molecule has 3 N–H and O–H groups in total. The zero-order valence-corrected chi connectivity index (χ0v) is 36.2. The molecule has 10 heteroatoms. The van der Waals surface area contributed by atoms with Gasteiger partial charge in [0.1, 0.15) is 6.61 Å². The van der Waals surface area contributed by atoms with E-state index in [1.807, 2.05) is 0 Å². The lowest BCUT2D eigenvalue weighted by atomic mass is 10.0. The first-order chi connectivity index (χ1) is 27.3. The molecular weight excluding hydrogens is 725 g/mol. The number of phosphoric ester groups is 1. The van der Waals surface area contributed by atoms with Gasteiger partial charge in [0, 0.05) is 19.4 Å². The molecule has 0 rings (SSSR count). The van der Waals surface area contributed by atoms with Crippen molar-refractivity contribution in [1.82, 2.24) is 0 Å². The Morgan fingerprint density at radius 2 is 0.982 bits per heavy atom. The maximum Gasteiger partial charge on any atom is 0.472 e. The minimum Gasteiger partial charge on any atom is -0.462 e. The smallest absolute Gasteiger partial charge is 0.462 e. The molecule has 322 valence electrons. The van der Waals surface area contributed by atoms with E-state index in [9.17, 15) is 19.0 Å². The van der Waals surface area contributed by atoms with Crippen molar-refractivity contribution >= 4 is 19.8 Å². The van der Waals surface area contributed by atoms with Gasteiger partial charge in [-0.2, -0.15) is 0 Å². The third-order valence-corrected chi connectivity index (χ3v) is 9.84. The summed E-state index contributed by atoms with van der Waals surface area (Å²) in [6, 6.07) is 0. The van der Waals surface area contributed by atoms with E-state index in [4.69, 9.17) is 24.3 Å². The molecule has 56 heavy (non-hydrogen) atoms. The maximum absolute atomic E-state index is 12.6. The number of esters is 2. The van der Waals surface area contributed by atoms with Gasteiger partial charge in [-0.05, 0) is 64.2 Å². The van der Waals surface area contributed by atoms with Gasteiger partial charge in [0.25, 0.3) is 0 Å². The molecule has 0 aliphatic rings. The average Bonchev–Trinajstić information content (AvgIpc) is 3.18. The Morgan fingerprint density at radius 3 is 1.46 bits per heavy atom. The quantitative estimate of drug-likeness (QED) is 0.0268. The number of ether oxygens (including phenoxy) is 2. The summed E-state index contributed by atoms with van der Waals surface area (Å²) in [5.41, 5.74) is 5.34. The Bertz CT molecular complexity index is 1150. The molecular formula is C46H80NO8P. The van der Waals surface area contributed by atoms with Gasteiger partial charge in [0.15, 0.2) is 6.10 Å². The summed E-state index contributed by atoms with van der Waals surface area (Å²) in [6.45, 7) is 3.56. The number of phosphoric acid groups is 1. The lowest BCUT2D eigenvalue weighted by Crippen LogP contribution is -2.29. The van der Waals surface area contributed by atoms with Crippen LogP contribution in [0.15, 0.2) is 72.9 Å². The van der Waals surface area contributed by atoms with Gasteiger partial charge in [-0.1, -0.05) is 170 Å². The van der Waals surface area contributed by atoms with Gasteiger partial charge >= 0.3 is 19.8 Å². The standard InChI is InChI=1S/C46H80NO8P/c1-3-5-7-9-11-13-15-17-19-20-21-22-23-24-25-27-29-31-33-35-37-39-46(49)55-44(43-54-56(50,51)53-41-40-47)42-52-45(48)38-36-34-32-30-28-26-18-16-14-12-10-8-6-4-2/h5,7,11,13,17,19,21-22,24-25,29,31,44H,3-4,6,8-10,12,14-16,18,20,23,26-28,30,32-43,47H2,1-2H3,(H,50,51)/b7-5-,13-11-,19-17-,22-21-,25-24-,31-29-. The molecule has 0 saturated carbocycles.